The van der Waals surface area contributed by atoms with Gasteiger partial charge in [0.15, 0.2) is 5.82 Å². The van der Waals surface area contributed by atoms with Crippen molar-refractivity contribution in [1.82, 2.24) is 20.2 Å². The van der Waals surface area contributed by atoms with E-state index in [4.69, 9.17) is 11.6 Å². The second kappa shape index (κ2) is 8.08. The quantitative estimate of drug-likeness (QED) is 0.891. The molecule has 2 heterocycles. The average molecular weight is 346 g/mol. The first-order valence-electron chi connectivity index (χ1n) is 7.96. The molecule has 6 nitrogen and oxygen atoms in total. The molecular formula is C17H20ClN5O. The molecule has 7 heteroatoms. The van der Waals surface area contributed by atoms with E-state index >= 15 is 0 Å². The smallest absolute Gasteiger partial charge is 0.234 e. The van der Waals surface area contributed by atoms with Crippen LogP contribution in [0, 0.1) is 0 Å². The Balaban J connectivity index is 1.44. The standard InChI is InChI=1S/C17H20ClN5O/c18-15-11-19-13-21-17(15)23-8-6-22(7-9-23)12-16(24)20-10-14-4-2-1-3-5-14/h1-5,11,13H,6-10,12H2,(H,20,24). The summed E-state index contributed by atoms with van der Waals surface area (Å²) in [4.78, 5) is 24.5. The molecule has 0 bridgehead atoms. The maximum atomic E-state index is 12.1. The van der Waals surface area contributed by atoms with E-state index in [0.29, 0.717) is 18.1 Å². The van der Waals surface area contributed by atoms with Crippen LogP contribution in [0.3, 0.4) is 0 Å². The van der Waals surface area contributed by atoms with Crippen LogP contribution in [0.25, 0.3) is 0 Å². The predicted molar refractivity (Wildman–Crippen MR) is 94.0 cm³/mol. The summed E-state index contributed by atoms with van der Waals surface area (Å²) in [5.74, 6) is 0.812. The van der Waals surface area contributed by atoms with E-state index in [1.807, 2.05) is 30.3 Å². The van der Waals surface area contributed by atoms with Gasteiger partial charge in [0.05, 0.1) is 12.7 Å². The van der Waals surface area contributed by atoms with Crippen LogP contribution in [0.5, 0.6) is 0 Å². The van der Waals surface area contributed by atoms with E-state index < -0.39 is 0 Å². The Morgan fingerprint density at radius 2 is 1.92 bits per heavy atom. The van der Waals surface area contributed by atoms with E-state index in [0.717, 1.165) is 37.6 Å². The van der Waals surface area contributed by atoms with Gasteiger partial charge in [-0.2, -0.15) is 0 Å². The van der Waals surface area contributed by atoms with Crippen LogP contribution >= 0.6 is 11.6 Å². The van der Waals surface area contributed by atoms with Gasteiger partial charge in [-0.25, -0.2) is 9.97 Å². The third-order valence-electron chi connectivity index (χ3n) is 4.02. The number of hydrogen-bond acceptors (Lipinski definition) is 5. The molecule has 0 unspecified atom stereocenters. The number of anilines is 1. The lowest BCUT2D eigenvalue weighted by Crippen LogP contribution is -2.49. The molecule has 1 aliphatic heterocycles. The van der Waals surface area contributed by atoms with Crippen LogP contribution in [0.15, 0.2) is 42.9 Å². The molecule has 1 N–H and O–H groups in total. The number of amides is 1. The first kappa shape index (κ1) is 16.7. The van der Waals surface area contributed by atoms with Crippen LogP contribution in [-0.2, 0) is 11.3 Å². The van der Waals surface area contributed by atoms with Crippen molar-refractivity contribution >= 4 is 23.3 Å². The van der Waals surface area contributed by atoms with Gasteiger partial charge in [-0.05, 0) is 5.56 Å². The number of aromatic nitrogens is 2. The number of nitrogens with one attached hydrogen (secondary N) is 1. The summed E-state index contributed by atoms with van der Waals surface area (Å²) in [6.07, 6.45) is 3.11. The van der Waals surface area contributed by atoms with Gasteiger partial charge in [0, 0.05) is 32.7 Å². The molecule has 1 fully saturated rings. The van der Waals surface area contributed by atoms with Crippen LogP contribution in [0.2, 0.25) is 5.02 Å². The first-order valence-corrected chi connectivity index (χ1v) is 8.33. The van der Waals surface area contributed by atoms with Crippen molar-refractivity contribution in [2.75, 3.05) is 37.6 Å². The van der Waals surface area contributed by atoms with Crippen LogP contribution in [0.1, 0.15) is 5.56 Å². The Labute approximate surface area is 146 Å². The third-order valence-corrected chi connectivity index (χ3v) is 4.29. The fraction of sp³-hybridized carbons (Fsp3) is 0.353. The van der Waals surface area contributed by atoms with Crippen molar-refractivity contribution in [3.8, 4) is 0 Å². The maximum Gasteiger partial charge on any atom is 0.234 e. The van der Waals surface area contributed by atoms with E-state index in [-0.39, 0.29) is 5.91 Å². The molecule has 0 spiro atoms. The molecule has 24 heavy (non-hydrogen) atoms. The van der Waals surface area contributed by atoms with Gasteiger partial charge in [0.25, 0.3) is 0 Å². The summed E-state index contributed by atoms with van der Waals surface area (Å²) in [5.41, 5.74) is 1.11. The second-order valence-electron chi connectivity index (χ2n) is 5.72. The van der Waals surface area contributed by atoms with Crippen LogP contribution in [-0.4, -0.2) is 53.5 Å². The number of carbonyl (C=O) groups excluding carboxylic acids is 1. The number of hydrogen-bond donors (Lipinski definition) is 1. The summed E-state index contributed by atoms with van der Waals surface area (Å²) in [6, 6.07) is 9.92. The fourth-order valence-electron chi connectivity index (χ4n) is 2.71. The van der Waals surface area contributed by atoms with Crippen molar-refractivity contribution in [2.45, 2.75) is 6.54 Å². The number of nitrogens with zero attached hydrogens (tertiary/aromatic N) is 4. The van der Waals surface area contributed by atoms with E-state index in [2.05, 4.69) is 25.1 Å². The zero-order valence-electron chi connectivity index (χ0n) is 13.4. The molecule has 3 rings (SSSR count). The van der Waals surface area contributed by atoms with E-state index in [1.165, 1.54) is 6.33 Å². The van der Waals surface area contributed by atoms with Crippen molar-refractivity contribution in [3.05, 3.63) is 53.4 Å². The minimum absolute atomic E-state index is 0.0485. The van der Waals surface area contributed by atoms with Gasteiger partial charge < -0.3 is 10.2 Å². The highest BCUT2D eigenvalue weighted by molar-refractivity contribution is 6.32. The van der Waals surface area contributed by atoms with Gasteiger partial charge in [0.2, 0.25) is 5.91 Å². The van der Waals surface area contributed by atoms with E-state index in [1.54, 1.807) is 6.20 Å². The Morgan fingerprint density at radius 1 is 1.17 bits per heavy atom. The third kappa shape index (κ3) is 4.43. The minimum Gasteiger partial charge on any atom is -0.353 e. The van der Waals surface area contributed by atoms with Crippen molar-refractivity contribution in [1.29, 1.82) is 0 Å². The van der Waals surface area contributed by atoms with Crippen LogP contribution < -0.4 is 10.2 Å². The number of piperazine rings is 1. The molecule has 0 atom stereocenters. The maximum absolute atomic E-state index is 12.1. The average Bonchev–Trinajstić information content (AvgIpc) is 2.62. The predicted octanol–water partition coefficient (Wildman–Crippen LogP) is 1.57. The molecule has 0 aliphatic carbocycles. The lowest BCUT2D eigenvalue weighted by molar-refractivity contribution is -0.122. The molecule has 1 saturated heterocycles. The van der Waals surface area contributed by atoms with Crippen molar-refractivity contribution in [3.63, 3.8) is 0 Å². The van der Waals surface area contributed by atoms with Gasteiger partial charge in [0.1, 0.15) is 11.3 Å². The van der Waals surface area contributed by atoms with Gasteiger partial charge in [-0.3, -0.25) is 9.69 Å². The summed E-state index contributed by atoms with van der Waals surface area (Å²) in [7, 11) is 0. The second-order valence-corrected chi connectivity index (χ2v) is 6.13. The number of rotatable bonds is 5. The Hall–Kier alpha value is -2.18. The summed E-state index contributed by atoms with van der Waals surface area (Å²) in [5, 5.41) is 3.52. The summed E-state index contributed by atoms with van der Waals surface area (Å²) in [6.45, 7) is 4.18. The molecule has 1 amide bonds. The summed E-state index contributed by atoms with van der Waals surface area (Å²) < 4.78 is 0. The lowest BCUT2D eigenvalue weighted by Gasteiger charge is -2.35. The van der Waals surface area contributed by atoms with Gasteiger partial charge >= 0.3 is 0 Å². The largest absolute Gasteiger partial charge is 0.353 e. The summed E-state index contributed by atoms with van der Waals surface area (Å²) >= 11 is 6.13. The molecule has 1 aromatic heterocycles. The topological polar surface area (TPSA) is 61.4 Å². The van der Waals surface area contributed by atoms with Gasteiger partial charge in [-0.1, -0.05) is 41.9 Å². The molecule has 126 valence electrons. The van der Waals surface area contributed by atoms with Crippen molar-refractivity contribution in [2.24, 2.45) is 0 Å². The van der Waals surface area contributed by atoms with Crippen molar-refractivity contribution < 1.29 is 4.79 Å². The molecule has 2 aromatic rings. The fourth-order valence-corrected chi connectivity index (χ4v) is 2.94. The number of carbonyl (C=O) groups is 1. The van der Waals surface area contributed by atoms with E-state index in [9.17, 15) is 4.79 Å². The normalized spacial score (nSPS) is 15.3. The number of benzene rings is 1. The molecule has 1 aromatic carbocycles. The Morgan fingerprint density at radius 3 is 2.62 bits per heavy atom. The highest BCUT2D eigenvalue weighted by atomic mass is 35.5. The first-order chi connectivity index (χ1) is 11.7. The molecular weight excluding hydrogens is 326 g/mol. The molecule has 0 saturated carbocycles. The monoisotopic (exact) mass is 345 g/mol. The lowest BCUT2D eigenvalue weighted by atomic mass is 10.2. The SMILES string of the molecule is O=C(CN1CCN(c2ncncc2Cl)CC1)NCc1ccccc1. The Bertz CT molecular complexity index is 674. The highest BCUT2D eigenvalue weighted by Gasteiger charge is 2.21. The number of halogens is 1. The zero-order chi connectivity index (χ0) is 16.8. The van der Waals surface area contributed by atoms with Crippen LogP contribution in [0.4, 0.5) is 5.82 Å². The Kier molecular flexibility index (Phi) is 5.61. The zero-order valence-corrected chi connectivity index (χ0v) is 14.1. The molecule has 0 radical (unpaired) electrons. The van der Waals surface area contributed by atoms with Gasteiger partial charge in [-0.15, -0.1) is 0 Å². The minimum atomic E-state index is 0.0485. The molecule has 1 aliphatic rings. The highest BCUT2D eigenvalue weighted by Crippen LogP contribution is 2.22.